The van der Waals surface area contributed by atoms with Gasteiger partial charge in [-0.25, -0.2) is 0 Å². The molecule has 0 bridgehead atoms. The zero-order valence-electron chi connectivity index (χ0n) is 16.5. The first-order chi connectivity index (χ1) is 13.2. The van der Waals surface area contributed by atoms with Gasteiger partial charge in [0.1, 0.15) is 0 Å². The Hall–Kier alpha value is -1.95. The first kappa shape index (κ1) is 19.8. The Morgan fingerprint density at radius 3 is 2.37 bits per heavy atom. The van der Waals surface area contributed by atoms with Crippen LogP contribution < -0.4 is 0 Å². The Bertz CT molecular complexity index is 606. The van der Waals surface area contributed by atoms with Crippen LogP contribution >= 0.6 is 0 Å². The standard InChI is InChI=1S/C21H32N4O2/c1-2-23-12-14-25(15-13-23)20(26)6-5-18-7-10-24(11-8-18)21(27)16-19-4-3-9-22-17-19/h3-4,9,17-18H,2,5-8,10-16H2,1H3. The molecule has 148 valence electrons. The molecule has 6 heteroatoms. The lowest BCUT2D eigenvalue weighted by Gasteiger charge is -2.35. The molecule has 0 aromatic carbocycles. The maximum Gasteiger partial charge on any atom is 0.227 e. The Kier molecular flexibility index (Phi) is 7.21. The molecule has 6 nitrogen and oxygen atoms in total. The van der Waals surface area contributed by atoms with Gasteiger partial charge in [-0.2, -0.15) is 0 Å². The van der Waals surface area contributed by atoms with Gasteiger partial charge in [0, 0.05) is 58.1 Å². The Morgan fingerprint density at radius 1 is 1.04 bits per heavy atom. The van der Waals surface area contributed by atoms with E-state index in [4.69, 9.17) is 0 Å². The molecule has 3 heterocycles. The molecular weight excluding hydrogens is 340 g/mol. The van der Waals surface area contributed by atoms with Crippen molar-refractivity contribution in [1.82, 2.24) is 19.7 Å². The van der Waals surface area contributed by atoms with Crippen molar-refractivity contribution in [2.45, 2.75) is 39.0 Å². The molecule has 2 fully saturated rings. The lowest BCUT2D eigenvalue weighted by Crippen LogP contribution is -2.48. The normalized spacial score (nSPS) is 19.3. The predicted molar refractivity (Wildman–Crippen MR) is 105 cm³/mol. The van der Waals surface area contributed by atoms with Gasteiger partial charge in [0.05, 0.1) is 6.42 Å². The Morgan fingerprint density at radius 2 is 1.74 bits per heavy atom. The third kappa shape index (κ3) is 5.76. The number of likely N-dealkylation sites (N-methyl/N-ethyl adjacent to an activating group) is 1. The van der Waals surface area contributed by atoms with Crippen LogP contribution in [0.4, 0.5) is 0 Å². The lowest BCUT2D eigenvalue weighted by molar-refractivity contribution is -0.134. The quantitative estimate of drug-likeness (QED) is 0.764. The summed E-state index contributed by atoms with van der Waals surface area (Å²) in [5.74, 6) is 1.06. The molecule has 0 atom stereocenters. The highest BCUT2D eigenvalue weighted by atomic mass is 16.2. The third-order valence-electron chi connectivity index (χ3n) is 5.98. The van der Waals surface area contributed by atoms with E-state index in [9.17, 15) is 9.59 Å². The fourth-order valence-electron chi connectivity index (χ4n) is 4.06. The fourth-order valence-corrected chi connectivity index (χ4v) is 4.06. The Balaban J connectivity index is 1.34. The van der Waals surface area contributed by atoms with Crippen molar-refractivity contribution in [1.29, 1.82) is 0 Å². The number of pyridine rings is 1. The molecule has 0 aliphatic carbocycles. The summed E-state index contributed by atoms with van der Waals surface area (Å²) >= 11 is 0. The van der Waals surface area contributed by atoms with Crippen molar-refractivity contribution in [2.24, 2.45) is 5.92 Å². The molecule has 2 amide bonds. The van der Waals surface area contributed by atoms with Crippen LogP contribution in [0.3, 0.4) is 0 Å². The van der Waals surface area contributed by atoms with Crippen molar-refractivity contribution < 1.29 is 9.59 Å². The van der Waals surface area contributed by atoms with E-state index in [1.807, 2.05) is 21.9 Å². The highest BCUT2D eigenvalue weighted by molar-refractivity contribution is 5.78. The number of hydrogen-bond donors (Lipinski definition) is 0. The first-order valence-electron chi connectivity index (χ1n) is 10.3. The lowest BCUT2D eigenvalue weighted by atomic mass is 9.91. The van der Waals surface area contributed by atoms with Gasteiger partial charge in [0.15, 0.2) is 0 Å². The van der Waals surface area contributed by atoms with Gasteiger partial charge < -0.3 is 14.7 Å². The molecule has 0 saturated carbocycles. The van der Waals surface area contributed by atoms with Crippen molar-refractivity contribution in [2.75, 3.05) is 45.8 Å². The summed E-state index contributed by atoms with van der Waals surface area (Å²) in [5.41, 5.74) is 0.971. The van der Waals surface area contributed by atoms with Gasteiger partial charge in [0.2, 0.25) is 11.8 Å². The van der Waals surface area contributed by atoms with E-state index < -0.39 is 0 Å². The van der Waals surface area contributed by atoms with E-state index in [1.165, 1.54) is 0 Å². The van der Waals surface area contributed by atoms with Crippen LogP contribution in [0.15, 0.2) is 24.5 Å². The molecule has 0 N–H and O–H groups in total. The maximum absolute atomic E-state index is 12.4. The maximum atomic E-state index is 12.4. The minimum Gasteiger partial charge on any atom is -0.342 e. The summed E-state index contributed by atoms with van der Waals surface area (Å²) in [6.45, 7) is 8.60. The second kappa shape index (κ2) is 9.83. The smallest absolute Gasteiger partial charge is 0.227 e. The number of carbonyl (C=O) groups excluding carboxylic acids is 2. The van der Waals surface area contributed by atoms with Gasteiger partial charge in [-0.1, -0.05) is 13.0 Å². The molecule has 1 aromatic rings. The summed E-state index contributed by atoms with van der Waals surface area (Å²) in [5, 5.41) is 0. The number of piperidine rings is 1. The molecule has 27 heavy (non-hydrogen) atoms. The summed E-state index contributed by atoms with van der Waals surface area (Å²) in [6, 6.07) is 3.82. The Labute approximate surface area is 162 Å². The molecule has 2 saturated heterocycles. The average Bonchev–Trinajstić information content (AvgIpc) is 2.73. The number of amides is 2. The van der Waals surface area contributed by atoms with E-state index in [-0.39, 0.29) is 5.91 Å². The van der Waals surface area contributed by atoms with Gasteiger partial charge in [-0.3, -0.25) is 14.6 Å². The van der Waals surface area contributed by atoms with E-state index in [0.29, 0.717) is 24.7 Å². The number of rotatable bonds is 6. The number of carbonyl (C=O) groups is 2. The summed E-state index contributed by atoms with van der Waals surface area (Å²) in [6.07, 6.45) is 7.55. The minimum absolute atomic E-state index is 0.186. The summed E-state index contributed by atoms with van der Waals surface area (Å²) < 4.78 is 0. The number of hydrogen-bond acceptors (Lipinski definition) is 4. The zero-order valence-corrected chi connectivity index (χ0v) is 16.5. The van der Waals surface area contributed by atoms with Crippen LogP contribution in [0.2, 0.25) is 0 Å². The van der Waals surface area contributed by atoms with Crippen LogP contribution in [0, 0.1) is 5.92 Å². The van der Waals surface area contributed by atoms with Crippen LogP contribution in [-0.4, -0.2) is 77.3 Å². The van der Waals surface area contributed by atoms with Crippen molar-refractivity contribution in [3.8, 4) is 0 Å². The molecule has 0 unspecified atom stereocenters. The van der Waals surface area contributed by atoms with E-state index in [2.05, 4.69) is 16.8 Å². The number of aromatic nitrogens is 1. The molecule has 0 spiro atoms. The van der Waals surface area contributed by atoms with Gasteiger partial charge >= 0.3 is 0 Å². The van der Waals surface area contributed by atoms with Gasteiger partial charge in [-0.05, 0) is 43.4 Å². The SMILES string of the molecule is CCN1CCN(C(=O)CCC2CCN(C(=O)Cc3cccnc3)CC2)CC1. The number of nitrogens with zero attached hydrogens (tertiary/aromatic N) is 4. The van der Waals surface area contributed by atoms with Gasteiger partial charge in [0.25, 0.3) is 0 Å². The molecular formula is C21H32N4O2. The fraction of sp³-hybridized carbons (Fsp3) is 0.667. The second-order valence-corrected chi connectivity index (χ2v) is 7.72. The number of likely N-dealkylation sites (tertiary alicyclic amines) is 1. The van der Waals surface area contributed by atoms with E-state index in [1.54, 1.807) is 12.4 Å². The largest absolute Gasteiger partial charge is 0.342 e. The molecule has 2 aliphatic rings. The zero-order chi connectivity index (χ0) is 19.1. The number of piperazine rings is 1. The van der Waals surface area contributed by atoms with Crippen LogP contribution in [0.1, 0.15) is 38.2 Å². The topological polar surface area (TPSA) is 56.8 Å². The third-order valence-corrected chi connectivity index (χ3v) is 5.98. The molecule has 3 rings (SSSR count). The van der Waals surface area contributed by atoms with Gasteiger partial charge in [-0.15, -0.1) is 0 Å². The van der Waals surface area contributed by atoms with Crippen LogP contribution in [0.25, 0.3) is 0 Å². The van der Waals surface area contributed by atoms with Crippen molar-refractivity contribution >= 4 is 11.8 Å². The average molecular weight is 373 g/mol. The van der Waals surface area contributed by atoms with Crippen LogP contribution in [0.5, 0.6) is 0 Å². The summed E-state index contributed by atoms with van der Waals surface area (Å²) in [4.78, 5) is 35.3. The highest BCUT2D eigenvalue weighted by Crippen LogP contribution is 2.23. The molecule has 2 aliphatic heterocycles. The molecule has 0 radical (unpaired) electrons. The van der Waals surface area contributed by atoms with E-state index >= 15 is 0 Å². The minimum atomic E-state index is 0.186. The summed E-state index contributed by atoms with van der Waals surface area (Å²) in [7, 11) is 0. The van der Waals surface area contributed by atoms with Crippen molar-refractivity contribution in [3.05, 3.63) is 30.1 Å². The molecule has 1 aromatic heterocycles. The van der Waals surface area contributed by atoms with Crippen LogP contribution in [-0.2, 0) is 16.0 Å². The second-order valence-electron chi connectivity index (χ2n) is 7.72. The first-order valence-corrected chi connectivity index (χ1v) is 10.3. The predicted octanol–water partition coefficient (Wildman–Crippen LogP) is 1.81. The van der Waals surface area contributed by atoms with E-state index in [0.717, 1.165) is 70.6 Å². The highest BCUT2D eigenvalue weighted by Gasteiger charge is 2.25. The monoisotopic (exact) mass is 372 g/mol. The van der Waals surface area contributed by atoms with Crippen molar-refractivity contribution in [3.63, 3.8) is 0 Å².